The number of alkyl halides is 5. The number of likely N-dealkylation sites (tertiary alicyclic amines) is 1. The van der Waals surface area contributed by atoms with Crippen molar-refractivity contribution < 1.29 is 40.4 Å². The minimum atomic E-state index is -5.59. The molecule has 2 heterocycles. The molecule has 1 aromatic rings. The number of hydroxylamine groups is 1. The van der Waals surface area contributed by atoms with Gasteiger partial charge in [-0.2, -0.15) is 22.0 Å². The van der Waals surface area contributed by atoms with Crippen LogP contribution in [0.3, 0.4) is 0 Å². The van der Waals surface area contributed by atoms with Crippen molar-refractivity contribution in [2.45, 2.75) is 80.2 Å². The van der Waals surface area contributed by atoms with Crippen molar-refractivity contribution in [3.05, 3.63) is 35.4 Å². The molecule has 14 heteroatoms. The van der Waals surface area contributed by atoms with E-state index in [1.165, 1.54) is 16.4 Å². The Labute approximate surface area is 223 Å². The Bertz CT molecular complexity index is 1100. The summed E-state index contributed by atoms with van der Waals surface area (Å²) in [5, 5.41) is 9.68. The summed E-state index contributed by atoms with van der Waals surface area (Å²) in [5.41, 5.74) is 1.18. The van der Waals surface area contributed by atoms with Crippen molar-refractivity contribution in [2.24, 2.45) is 0 Å². The molecule has 1 aromatic carbocycles. The fourth-order valence-electron chi connectivity index (χ4n) is 5.52. The van der Waals surface area contributed by atoms with Crippen LogP contribution in [-0.4, -0.2) is 82.4 Å². The van der Waals surface area contributed by atoms with E-state index in [2.05, 4.69) is 4.90 Å². The summed E-state index contributed by atoms with van der Waals surface area (Å²) < 4.78 is 90.4. The molecule has 1 saturated carbocycles. The molecule has 214 valence electrons. The van der Waals surface area contributed by atoms with E-state index in [-0.39, 0.29) is 36.4 Å². The molecule has 0 spiro atoms. The number of piperidine rings is 2. The van der Waals surface area contributed by atoms with Gasteiger partial charge in [-0.1, -0.05) is 24.3 Å². The van der Waals surface area contributed by atoms with Crippen LogP contribution in [0.1, 0.15) is 62.0 Å². The van der Waals surface area contributed by atoms with E-state index < -0.39 is 45.6 Å². The molecule has 0 radical (unpaired) electrons. The van der Waals surface area contributed by atoms with Gasteiger partial charge in [-0.3, -0.25) is 10.0 Å². The van der Waals surface area contributed by atoms with Crippen LogP contribution in [0.2, 0.25) is 0 Å². The van der Waals surface area contributed by atoms with Gasteiger partial charge in [0.2, 0.25) is 10.0 Å². The first kappa shape index (κ1) is 29.4. The second kappa shape index (κ2) is 10.8. The summed E-state index contributed by atoms with van der Waals surface area (Å²) in [5.74, 6) is -5.85. The third-order valence-corrected chi connectivity index (χ3v) is 10.9. The lowest BCUT2D eigenvalue weighted by atomic mass is 9.89. The van der Waals surface area contributed by atoms with Gasteiger partial charge in [-0.15, -0.1) is 4.58 Å². The zero-order chi connectivity index (χ0) is 27.9. The van der Waals surface area contributed by atoms with E-state index in [0.717, 1.165) is 18.4 Å². The second-order valence-electron chi connectivity index (χ2n) is 10.4. The first-order chi connectivity index (χ1) is 17.7. The molecule has 2 saturated heterocycles. The first-order valence-electron chi connectivity index (χ1n) is 12.6. The van der Waals surface area contributed by atoms with Crippen molar-refractivity contribution >= 4 is 27.7 Å². The number of sulfonamides is 1. The van der Waals surface area contributed by atoms with Gasteiger partial charge in [0.25, 0.3) is 5.91 Å². The number of rotatable bonds is 8. The van der Waals surface area contributed by atoms with Gasteiger partial charge in [0.1, 0.15) is 0 Å². The summed E-state index contributed by atoms with van der Waals surface area (Å²) in [7, 11) is -4.16. The number of carbonyl (C=O) groups excluding carboxylic acids is 1. The zero-order valence-electron chi connectivity index (χ0n) is 20.6. The minimum Gasteiger partial charge on any atom is -0.300 e. The van der Waals surface area contributed by atoms with Gasteiger partial charge in [-0.25, -0.2) is 12.7 Å². The summed E-state index contributed by atoms with van der Waals surface area (Å²) in [4.78, 5) is 15.1. The molecule has 7 nitrogen and oxygen atoms in total. The van der Waals surface area contributed by atoms with Crippen LogP contribution >= 0.6 is 11.8 Å². The molecule has 0 unspecified atom stereocenters. The molecule has 3 fully saturated rings. The van der Waals surface area contributed by atoms with Crippen LogP contribution in [0.4, 0.5) is 22.0 Å². The average molecular weight is 588 g/mol. The molecular weight excluding hydrogens is 557 g/mol. The zero-order valence-corrected chi connectivity index (χ0v) is 22.2. The number of carbonyl (C=O) groups is 1. The second-order valence-corrected chi connectivity index (χ2v) is 13.0. The summed E-state index contributed by atoms with van der Waals surface area (Å²) >= 11 is 5.54. The van der Waals surface area contributed by atoms with Gasteiger partial charge in [0.05, 0.1) is 0 Å². The Hall–Kier alpha value is -1.54. The topological polar surface area (TPSA) is 81.2 Å². The minimum absolute atomic E-state index is 0.0310. The molecule has 0 atom stereocenters. The summed E-state index contributed by atoms with van der Waals surface area (Å²) in [6.45, 7) is 1.11. The molecule has 2 aliphatic heterocycles. The van der Waals surface area contributed by atoms with Gasteiger partial charge >= 0.3 is 12.1 Å². The number of hydrogen-bond acceptors (Lipinski definition) is 5. The number of hydrogen-bond donors (Lipinski definition) is 1. The van der Waals surface area contributed by atoms with E-state index in [4.69, 9.17) is 11.8 Å². The molecule has 1 amide bonds. The van der Waals surface area contributed by atoms with Crippen molar-refractivity contribution in [1.82, 2.24) is 13.8 Å². The molecule has 0 bridgehead atoms. The van der Waals surface area contributed by atoms with Crippen LogP contribution in [0.25, 0.3) is 0 Å². The summed E-state index contributed by atoms with van der Waals surface area (Å²) in [6.07, 6.45) is -4.32. The van der Waals surface area contributed by atoms with Crippen molar-refractivity contribution in [3.8, 4) is 0 Å². The fourth-order valence-corrected chi connectivity index (χ4v) is 7.92. The molecule has 1 N–H and O–H groups in total. The van der Waals surface area contributed by atoms with E-state index in [1.54, 1.807) is 12.1 Å². The highest BCUT2D eigenvalue weighted by Gasteiger charge is 2.58. The molecule has 1 aliphatic carbocycles. The highest BCUT2D eigenvalue weighted by Crippen LogP contribution is 2.41. The van der Waals surface area contributed by atoms with Crippen LogP contribution in [0.15, 0.2) is 24.3 Å². The Morgan fingerprint density at radius 2 is 1.55 bits per heavy atom. The molecule has 0 aromatic heterocycles. The third-order valence-electron chi connectivity index (χ3n) is 8.11. The normalized spacial score (nSPS) is 22.4. The Balaban J connectivity index is 1.39. The quantitative estimate of drug-likeness (QED) is 0.207. The van der Waals surface area contributed by atoms with Gasteiger partial charge in [0, 0.05) is 50.4 Å². The highest BCUT2D eigenvalue weighted by atomic mass is 35.5. The lowest BCUT2D eigenvalue weighted by Gasteiger charge is -2.44. The van der Waals surface area contributed by atoms with Crippen LogP contribution in [-0.2, 0) is 21.2 Å². The Morgan fingerprint density at radius 3 is 2.03 bits per heavy atom. The van der Waals surface area contributed by atoms with Crippen molar-refractivity contribution in [3.63, 3.8) is 0 Å². The Kier molecular flexibility index (Phi) is 8.36. The maximum Gasteiger partial charge on any atom is 0.453 e. The van der Waals surface area contributed by atoms with Gasteiger partial charge in [0.15, 0.2) is 4.75 Å². The van der Waals surface area contributed by atoms with Crippen molar-refractivity contribution in [1.29, 1.82) is 0 Å². The predicted octanol–water partition coefficient (Wildman–Crippen LogP) is 4.69. The largest absolute Gasteiger partial charge is 0.453 e. The third kappa shape index (κ3) is 5.81. The van der Waals surface area contributed by atoms with Gasteiger partial charge in [-0.05, 0) is 62.0 Å². The monoisotopic (exact) mass is 587 g/mol. The smallest absolute Gasteiger partial charge is 0.300 e. The number of benzene rings is 1. The lowest BCUT2D eigenvalue weighted by Crippen LogP contribution is -2.61. The number of amides is 1. The van der Waals surface area contributed by atoms with E-state index in [1.807, 2.05) is 0 Å². The first-order valence-corrected chi connectivity index (χ1v) is 14.4. The maximum absolute atomic E-state index is 13.8. The number of halogens is 6. The van der Waals surface area contributed by atoms with Crippen molar-refractivity contribution in [2.75, 3.05) is 26.2 Å². The fraction of sp³-hybridized carbons (Fsp3) is 0.708. The number of aryl methyl sites for hydroxylation is 1. The van der Waals surface area contributed by atoms with Crippen LogP contribution in [0, 0.1) is 0 Å². The van der Waals surface area contributed by atoms with E-state index in [0.29, 0.717) is 37.5 Å². The average Bonchev–Trinajstić information content (AvgIpc) is 3.72. The molecule has 38 heavy (non-hydrogen) atoms. The highest BCUT2D eigenvalue weighted by molar-refractivity contribution is 7.91. The van der Waals surface area contributed by atoms with Crippen LogP contribution in [0.5, 0.6) is 0 Å². The lowest BCUT2D eigenvalue weighted by molar-refractivity contribution is -0.284. The van der Waals surface area contributed by atoms with Gasteiger partial charge < -0.3 is 4.90 Å². The maximum atomic E-state index is 13.8. The molecular formula is C24H31ClF5N3O4S. The Morgan fingerprint density at radius 1 is 1.00 bits per heavy atom. The van der Waals surface area contributed by atoms with Crippen LogP contribution < -0.4 is 0 Å². The summed E-state index contributed by atoms with van der Waals surface area (Å²) in [6, 6.07) is 6.79. The van der Waals surface area contributed by atoms with E-state index in [9.17, 15) is 40.4 Å². The predicted molar refractivity (Wildman–Crippen MR) is 129 cm³/mol. The molecule has 4 rings (SSSR count). The standard InChI is InChI=1S/C24H31ClF5N3O4S/c25-33(35)21(34)22(11-15-31(16-12-22)20-5-6-20)38(36,37)32-13-8-19(9-14-32)18-3-1-17(2-4-18)7-10-23(26,27)24(28,29)30/h1-4,19-20,35H,5-16H2. The SMILES string of the molecule is O=C(N(O)Cl)C1(S(=O)(=O)N2CCC(c3ccc(CCC(F)(F)C(F)(F)F)cc3)CC2)CCN(C2CC2)CC1. The van der Waals surface area contributed by atoms with E-state index >= 15 is 0 Å². The molecule has 3 aliphatic rings. The number of nitrogens with zero attached hydrogens (tertiary/aromatic N) is 3.